The van der Waals surface area contributed by atoms with Crippen LogP contribution >= 0.6 is 0 Å². The molecule has 0 rings (SSSR count). The van der Waals surface area contributed by atoms with Gasteiger partial charge in [-0.15, -0.1) is 6.58 Å². The molecule has 4 nitrogen and oxygen atoms in total. The highest BCUT2D eigenvalue weighted by Gasteiger charge is 2.17. The van der Waals surface area contributed by atoms with Gasteiger partial charge in [-0.3, -0.25) is 9.59 Å². The molecule has 0 unspecified atom stereocenters. The number of carbonyl (C=O) groups excluding carboxylic acids is 2. The molecule has 0 bridgehead atoms. The number of amides is 2. The Bertz CT molecular complexity index is 239. The molecular formula is C12H22N2O2. The van der Waals surface area contributed by atoms with Crippen LogP contribution in [0.1, 0.15) is 27.2 Å². The van der Waals surface area contributed by atoms with E-state index in [1.807, 2.05) is 20.8 Å². The summed E-state index contributed by atoms with van der Waals surface area (Å²) in [6.45, 7) is 10.8. The van der Waals surface area contributed by atoms with Crippen LogP contribution in [0, 0.1) is 0 Å². The molecule has 16 heavy (non-hydrogen) atoms. The molecule has 0 saturated carbocycles. The van der Waals surface area contributed by atoms with Crippen LogP contribution in [0.5, 0.6) is 0 Å². The summed E-state index contributed by atoms with van der Waals surface area (Å²) >= 11 is 0. The van der Waals surface area contributed by atoms with Gasteiger partial charge in [-0.1, -0.05) is 13.0 Å². The van der Waals surface area contributed by atoms with E-state index in [1.54, 1.807) is 11.0 Å². The summed E-state index contributed by atoms with van der Waals surface area (Å²) in [6.07, 6.45) is 3.28. The van der Waals surface area contributed by atoms with Crippen LogP contribution in [0.25, 0.3) is 0 Å². The van der Waals surface area contributed by atoms with E-state index < -0.39 is 0 Å². The molecule has 0 N–H and O–H groups in total. The maximum absolute atomic E-state index is 11.9. The lowest BCUT2D eigenvalue weighted by Gasteiger charge is -2.27. The SMILES string of the molecule is C=CCN(C(=O)CN(C=O)CCC)C(C)C. The molecule has 0 aliphatic carbocycles. The predicted octanol–water partition coefficient (Wildman–Crippen LogP) is 1.28. The Hall–Kier alpha value is -1.32. The molecule has 0 aromatic heterocycles. The third kappa shape index (κ3) is 4.96. The van der Waals surface area contributed by atoms with Crippen molar-refractivity contribution < 1.29 is 9.59 Å². The Labute approximate surface area is 97.9 Å². The summed E-state index contributed by atoms with van der Waals surface area (Å²) in [5, 5.41) is 0. The quantitative estimate of drug-likeness (QED) is 0.462. The van der Waals surface area contributed by atoms with Gasteiger partial charge in [0.2, 0.25) is 12.3 Å². The van der Waals surface area contributed by atoms with Gasteiger partial charge in [-0.05, 0) is 20.3 Å². The van der Waals surface area contributed by atoms with Gasteiger partial charge in [0.15, 0.2) is 0 Å². The Kier molecular flexibility index (Phi) is 7.25. The number of nitrogens with zero attached hydrogens (tertiary/aromatic N) is 2. The average molecular weight is 226 g/mol. The fourth-order valence-electron chi connectivity index (χ4n) is 1.46. The van der Waals surface area contributed by atoms with Gasteiger partial charge in [-0.2, -0.15) is 0 Å². The third-order valence-corrected chi connectivity index (χ3v) is 2.27. The first kappa shape index (κ1) is 14.7. The smallest absolute Gasteiger partial charge is 0.242 e. The molecule has 0 aliphatic heterocycles. The van der Waals surface area contributed by atoms with E-state index in [0.29, 0.717) is 13.1 Å². The second-order valence-electron chi connectivity index (χ2n) is 4.00. The lowest BCUT2D eigenvalue weighted by Crippen LogP contribution is -2.43. The van der Waals surface area contributed by atoms with Crippen LogP contribution in [0.2, 0.25) is 0 Å². The van der Waals surface area contributed by atoms with Gasteiger partial charge in [0.1, 0.15) is 0 Å². The topological polar surface area (TPSA) is 40.6 Å². The summed E-state index contributed by atoms with van der Waals surface area (Å²) in [5.41, 5.74) is 0. The lowest BCUT2D eigenvalue weighted by molar-refractivity contribution is -0.136. The van der Waals surface area contributed by atoms with E-state index in [4.69, 9.17) is 0 Å². The monoisotopic (exact) mass is 226 g/mol. The Morgan fingerprint density at radius 2 is 2.06 bits per heavy atom. The zero-order chi connectivity index (χ0) is 12.6. The molecule has 0 saturated heterocycles. The van der Waals surface area contributed by atoms with Crippen LogP contribution in [0.3, 0.4) is 0 Å². The van der Waals surface area contributed by atoms with Crippen molar-refractivity contribution in [3.8, 4) is 0 Å². The van der Waals surface area contributed by atoms with E-state index in [-0.39, 0.29) is 18.5 Å². The second-order valence-corrected chi connectivity index (χ2v) is 4.00. The molecule has 92 valence electrons. The predicted molar refractivity (Wildman–Crippen MR) is 65.0 cm³/mol. The highest BCUT2D eigenvalue weighted by atomic mass is 16.2. The molecule has 2 amide bonds. The molecule has 0 radical (unpaired) electrons. The Morgan fingerprint density at radius 3 is 2.44 bits per heavy atom. The first-order valence-corrected chi connectivity index (χ1v) is 5.66. The van der Waals surface area contributed by atoms with Crippen molar-refractivity contribution >= 4 is 12.3 Å². The molecule has 4 heteroatoms. The van der Waals surface area contributed by atoms with Crippen molar-refractivity contribution in [2.75, 3.05) is 19.6 Å². The van der Waals surface area contributed by atoms with Gasteiger partial charge in [0, 0.05) is 19.1 Å². The molecule has 0 atom stereocenters. The highest BCUT2D eigenvalue weighted by Crippen LogP contribution is 2.00. The van der Waals surface area contributed by atoms with E-state index >= 15 is 0 Å². The fourth-order valence-corrected chi connectivity index (χ4v) is 1.46. The van der Waals surface area contributed by atoms with Crippen molar-refractivity contribution in [3.63, 3.8) is 0 Å². The highest BCUT2D eigenvalue weighted by molar-refractivity contribution is 5.80. The van der Waals surface area contributed by atoms with Crippen LogP contribution in [-0.2, 0) is 9.59 Å². The van der Waals surface area contributed by atoms with E-state index in [9.17, 15) is 9.59 Å². The molecule has 0 aromatic carbocycles. The second kappa shape index (κ2) is 7.91. The van der Waals surface area contributed by atoms with Gasteiger partial charge >= 0.3 is 0 Å². The van der Waals surface area contributed by atoms with Gasteiger partial charge in [0.25, 0.3) is 0 Å². The first-order valence-electron chi connectivity index (χ1n) is 5.66. The van der Waals surface area contributed by atoms with Crippen molar-refractivity contribution in [2.45, 2.75) is 33.2 Å². The number of hydrogen-bond donors (Lipinski definition) is 0. The molecule has 0 fully saturated rings. The maximum Gasteiger partial charge on any atom is 0.242 e. The summed E-state index contributed by atoms with van der Waals surface area (Å²) in [7, 11) is 0. The summed E-state index contributed by atoms with van der Waals surface area (Å²) in [6, 6.07) is 0.126. The van der Waals surface area contributed by atoms with Gasteiger partial charge < -0.3 is 9.80 Å². The van der Waals surface area contributed by atoms with Crippen molar-refractivity contribution in [3.05, 3.63) is 12.7 Å². The third-order valence-electron chi connectivity index (χ3n) is 2.27. The van der Waals surface area contributed by atoms with Gasteiger partial charge in [0.05, 0.1) is 6.54 Å². The molecule has 0 heterocycles. The Morgan fingerprint density at radius 1 is 1.44 bits per heavy atom. The van der Waals surface area contributed by atoms with Crippen molar-refractivity contribution in [2.24, 2.45) is 0 Å². The largest absolute Gasteiger partial charge is 0.336 e. The van der Waals surface area contributed by atoms with Gasteiger partial charge in [-0.25, -0.2) is 0 Å². The van der Waals surface area contributed by atoms with Crippen LogP contribution in [0.4, 0.5) is 0 Å². The summed E-state index contributed by atoms with van der Waals surface area (Å²) in [5.74, 6) is -0.0320. The van der Waals surface area contributed by atoms with Crippen LogP contribution < -0.4 is 0 Å². The maximum atomic E-state index is 11.9. The van der Waals surface area contributed by atoms with E-state index in [2.05, 4.69) is 6.58 Å². The van der Waals surface area contributed by atoms with Crippen LogP contribution in [0.15, 0.2) is 12.7 Å². The van der Waals surface area contributed by atoms with Crippen molar-refractivity contribution in [1.29, 1.82) is 0 Å². The molecule has 0 aliphatic rings. The Balaban J connectivity index is 4.37. The normalized spacial score (nSPS) is 10.0. The molecule has 0 aromatic rings. The van der Waals surface area contributed by atoms with E-state index in [1.165, 1.54) is 4.90 Å². The number of hydrogen-bond acceptors (Lipinski definition) is 2. The minimum Gasteiger partial charge on any atom is -0.336 e. The minimum absolute atomic E-state index is 0.0320. The minimum atomic E-state index is -0.0320. The molecule has 0 spiro atoms. The zero-order valence-electron chi connectivity index (χ0n) is 10.5. The summed E-state index contributed by atoms with van der Waals surface area (Å²) in [4.78, 5) is 25.8. The summed E-state index contributed by atoms with van der Waals surface area (Å²) < 4.78 is 0. The van der Waals surface area contributed by atoms with Crippen LogP contribution in [-0.4, -0.2) is 47.8 Å². The van der Waals surface area contributed by atoms with Crippen molar-refractivity contribution in [1.82, 2.24) is 9.80 Å². The molecular weight excluding hydrogens is 204 g/mol. The number of rotatable bonds is 8. The fraction of sp³-hybridized carbons (Fsp3) is 0.667. The standard InChI is InChI=1S/C12H22N2O2/c1-5-7-13(10-15)9-12(16)14(8-6-2)11(3)4/h6,10-11H,2,5,7-9H2,1,3-4H3. The van der Waals surface area contributed by atoms with E-state index in [0.717, 1.165) is 12.8 Å². The average Bonchev–Trinajstić information content (AvgIpc) is 2.24. The number of carbonyl (C=O) groups is 2. The zero-order valence-corrected chi connectivity index (χ0v) is 10.5. The first-order chi connectivity index (χ1) is 7.56. The lowest BCUT2D eigenvalue weighted by atomic mass is 10.3.